The van der Waals surface area contributed by atoms with Gasteiger partial charge in [-0.3, -0.25) is 4.90 Å². The maximum absolute atomic E-state index is 12.2. The van der Waals surface area contributed by atoms with E-state index in [2.05, 4.69) is 28.1 Å². The minimum atomic E-state index is -0.490. The van der Waals surface area contributed by atoms with Crippen molar-refractivity contribution in [3.05, 3.63) is 35.4 Å². The summed E-state index contributed by atoms with van der Waals surface area (Å²) in [7, 11) is 0. The minimum absolute atomic E-state index is 0. The molecule has 0 atom stereocenters. The molecule has 2 fully saturated rings. The molecule has 2 saturated heterocycles. The fourth-order valence-electron chi connectivity index (χ4n) is 3.90. The van der Waals surface area contributed by atoms with Crippen molar-refractivity contribution in [1.29, 1.82) is 0 Å². The van der Waals surface area contributed by atoms with Gasteiger partial charge in [-0.2, -0.15) is 0 Å². The number of carbonyl (C=O) groups excluding carboxylic acids is 1. The summed E-state index contributed by atoms with van der Waals surface area (Å²) in [5.74, 6) is 0.514. The third-order valence-electron chi connectivity index (χ3n) is 5.74. The number of aliphatic hydroxyl groups excluding tert-OH is 1. The monoisotopic (exact) mass is 559 g/mol. The molecule has 3 N–H and O–H groups in total. The summed E-state index contributed by atoms with van der Waals surface area (Å²) in [6.07, 6.45) is 1.24. The number of halogens is 1. The molecule has 0 spiro atoms. The van der Waals surface area contributed by atoms with E-state index in [4.69, 9.17) is 10.5 Å². The molecule has 0 saturated carbocycles. The van der Waals surface area contributed by atoms with Gasteiger partial charge in [0.1, 0.15) is 5.60 Å². The fourth-order valence-corrected chi connectivity index (χ4v) is 3.90. The van der Waals surface area contributed by atoms with Crippen LogP contribution in [0.15, 0.2) is 29.3 Å². The Morgan fingerprint density at radius 1 is 1.06 bits per heavy atom. The molecule has 1 aromatic rings. The van der Waals surface area contributed by atoms with E-state index in [-0.39, 0.29) is 36.2 Å². The zero-order valence-electron chi connectivity index (χ0n) is 19.5. The maximum Gasteiger partial charge on any atom is 0.410 e. The summed E-state index contributed by atoms with van der Waals surface area (Å²) in [5.41, 5.74) is 8.21. The average Bonchev–Trinajstić information content (AvgIpc) is 2.73. The number of carbonyl (C=O) groups is 1. The van der Waals surface area contributed by atoms with E-state index >= 15 is 0 Å². The molecule has 9 heteroatoms. The first kappa shape index (κ1) is 26.7. The van der Waals surface area contributed by atoms with Gasteiger partial charge in [0, 0.05) is 45.8 Å². The summed E-state index contributed by atoms with van der Waals surface area (Å²) in [6.45, 7) is 11.3. The van der Waals surface area contributed by atoms with Gasteiger partial charge in [0.2, 0.25) is 0 Å². The van der Waals surface area contributed by atoms with Crippen molar-refractivity contribution in [2.24, 2.45) is 10.7 Å². The molecule has 0 unspecified atom stereocenters. The summed E-state index contributed by atoms with van der Waals surface area (Å²) in [4.78, 5) is 23.0. The van der Waals surface area contributed by atoms with Crippen molar-refractivity contribution in [3.8, 4) is 0 Å². The average molecular weight is 559 g/mol. The zero-order chi connectivity index (χ0) is 22.4. The van der Waals surface area contributed by atoms with Crippen molar-refractivity contribution < 1.29 is 14.6 Å². The van der Waals surface area contributed by atoms with E-state index < -0.39 is 5.60 Å². The second-order valence-electron chi connectivity index (χ2n) is 9.40. The highest BCUT2D eigenvalue weighted by Crippen LogP contribution is 2.18. The molecule has 0 aromatic heterocycles. The van der Waals surface area contributed by atoms with Gasteiger partial charge < -0.3 is 25.4 Å². The number of nitrogens with zero attached hydrogens (tertiary/aromatic N) is 4. The molecule has 0 aliphatic carbocycles. The van der Waals surface area contributed by atoms with E-state index in [1.54, 1.807) is 4.90 Å². The highest BCUT2D eigenvalue weighted by atomic mass is 127. The van der Waals surface area contributed by atoms with Crippen LogP contribution in [0.5, 0.6) is 0 Å². The quantitative estimate of drug-likeness (QED) is 0.335. The third-order valence-corrected chi connectivity index (χ3v) is 5.74. The van der Waals surface area contributed by atoms with E-state index in [0.29, 0.717) is 38.7 Å². The number of amides is 1. The first-order valence-electron chi connectivity index (χ1n) is 11.2. The minimum Gasteiger partial charge on any atom is -0.444 e. The van der Waals surface area contributed by atoms with Gasteiger partial charge in [0.15, 0.2) is 5.96 Å². The lowest BCUT2D eigenvalue weighted by atomic mass is 10.0. The molecule has 0 radical (unpaired) electrons. The number of hydrogen-bond donors (Lipinski definition) is 2. The van der Waals surface area contributed by atoms with Crippen molar-refractivity contribution in [3.63, 3.8) is 0 Å². The number of benzene rings is 1. The molecule has 2 aliphatic rings. The number of nitrogens with two attached hydrogens (primary N) is 1. The summed E-state index contributed by atoms with van der Waals surface area (Å²) in [5, 5.41) is 9.72. The number of likely N-dealkylation sites (tertiary alicyclic amines) is 1. The number of piperazine rings is 1. The van der Waals surface area contributed by atoms with Crippen molar-refractivity contribution >= 4 is 36.0 Å². The van der Waals surface area contributed by atoms with Crippen LogP contribution in [0.25, 0.3) is 0 Å². The number of aliphatic imine (C=N–C) groups is 1. The fraction of sp³-hybridized carbons (Fsp3) is 0.652. The van der Waals surface area contributed by atoms with Crippen molar-refractivity contribution in [1.82, 2.24) is 14.7 Å². The molecule has 2 heterocycles. The van der Waals surface area contributed by atoms with E-state index in [1.165, 1.54) is 11.1 Å². The van der Waals surface area contributed by atoms with Crippen LogP contribution in [0.1, 0.15) is 44.7 Å². The lowest BCUT2D eigenvalue weighted by molar-refractivity contribution is 0.0186. The molecule has 0 bridgehead atoms. The van der Waals surface area contributed by atoms with Crippen LogP contribution in [-0.4, -0.2) is 82.8 Å². The topological polar surface area (TPSA) is 94.6 Å². The predicted molar refractivity (Wildman–Crippen MR) is 137 cm³/mol. The molecule has 2 aliphatic heterocycles. The summed E-state index contributed by atoms with van der Waals surface area (Å²) >= 11 is 0. The van der Waals surface area contributed by atoms with E-state index in [1.807, 2.05) is 31.7 Å². The van der Waals surface area contributed by atoms with Crippen molar-refractivity contribution in [2.45, 2.75) is 58.4 Å². The number of aliphatic hydroxyl groups is 1. The van der Waals surface area contributed by atoms with E-state index in [0.717, 1.165) is 32.5 Å². The predicted octanol–water partition coefficient (Wildman–Crippen LogP) is 2.63. The van der Waals surface area contributed by atoms with Crippen LogP contribution in [0.3, 0.4) is 0 Å². The van der Waals surface area contributed by atoms with Gasteiger partial charge in [-0.05, 0) is 44.7 Å². The summed E-state index contributed by atoms with van der Waals surface area (Å²) < 4.78 is 5.45. The standard InChI is InChI=1S/C23H37N5O3.HI/c1-23(2,3)31-22(30)28-14-12-27(13-15-28)21(24)25-16-18-6-4-5-7-19(18)17-26-10-8-20(29)9-11-26;/h4-7,20,29H,8-17H2,1-3H3,(H2,24,25);1H. The molecule has 8 nitrogen and oxygen atoms in total. The third kappa shape index (κ3) is 8.08. The number of guanidine groups is 1. The molecule has 3 rings (SSSR count). The highest BCUT2D eigenvalue weighted by Gasteiger charge is 2.26. The Kier molecular flexibility index (Phi) is 10.0. The zero-order valence-corrected chi connectivity index (χ0v) is 21.8. The van der Waals surface area contributed by atoms with Gasteiger partial charge in [0.25, 0.3) is 0 Å². The second-order valence-corrected chi connectivity index (χ2v) is 9.40. The summed E-state index contributed by atoms with van der Waals surface area (Å²) in [6, 6.07) is 8.34. The van der Waals surface area contributed by atoms with Crippen LogP contribution in [-0.2, 0) is 17.8 Å². The molecule has 180 valence electrons. The smallest absolute Gasteiger partial charge is 0.410 e. The SMILES string of the molecule is CC(C)(C)OC(=O)N1CCN(C(N)=NCc2ccccc2CN2CCC(O)CC2)CC1.I. The van der Waals surface area contributed by atoms with Crippen LogP contribution in [0.2, 0.25) is 0 Å². The second kappa shape index (κ2) is 12.0. The Hall–Kier alpha value is -1.59. The number of piperidine rings is 1. The number of hydrogen-bond acceptors (Lipinski definition) is 5. The first-order chi connectivity index (χ1) is 14.7. The molecular weight excluding hydrogens is 521 g/mol. The van der Waals surface area contributed by atoms with Crippen LogP contribution in [0, 0.1) is 0 Å². The largest absolute Gasteiger partial charge is 0.444 e. The first-order valence-corrected chi connectivity index (χ1v) is 11.2. The number of ether oxygens (including phenoxy) is 1. The Bertz CT molecular complexity index is 767. The van der Waals surface area contributed by atoms with Gasteiger partial charge in [-0.25, -0.2) is 9.79 Å². The van der Waals surface area contributed by atoms with Gasteiger partial charge in [-0.1, -0.05) is 24.3 Å². The lowest BCUT2D eigenvalue weighted by Gasteiger charge is -2.36. The lowest BCUT2D eigenvalue weighted by Crippen LogP contribution is -2.53. The molecule has 1 aromatic carbocycles. The molecule has 1 amide bonds. The molecule has 32 heavy (non-hydrogen) atoms. The van der Waals surface area contributed by atoms with Gasteiger partial charge >= 0.3 is 6.09 Å². The van der Waals surface area contributed by atoms with Gasteiger partial charge in [0.05, 0.1) is 12.6 Å². The Balaban J connectivity index is 0.00000363. The van der Waals surface area contributed by atoms with Gasteiger partial charge in [-0.15, -0.1) is 24.0 Å². The molecular formula is C23H38IN5O3. The Morgan fingerprint density at radius 2 is 1.62 bits per heavy atom. The number of rotatable bonds is 4. The normalized spacial score (nSPS) is 18.9. The van der Waals surface area contributed by atoms with Crippen LogP contribution in [0.4, 0.5) is 4.79 Å². The highest BCUT2D eigenvalue weighted by molar-refractivity contribution is 14.0. The van der Waals surface area contributed by atoms with Crippen LogP contribution < -0.4 is 5.73 Å². The maximum atomic E-state index is 12.2. The van der Waals surface area contributed by atoms with E-state index in [9.17, 15) is 9.90 Å². The van der Waals surface area contributed by atoms with Crippen molar-refractivity contribution in [2.75, 3.05) is 39.3 Å². The Morgan fingerprint density at radius 3 is 2.22 bits per heavy atom. The van der Waals surface area contributed by atoms with Crippen LogP contribution >= 0.6 is 24.0 Å². The Labute approximate surface area is 208 Å².